The third-order valence-corrected chi connectivity index (χ3v) is 5.97. The van der Waals surface area contributed by atoms with E-state index in [4.69, 9.17) is 0 Å². The third-order valence-electron chi connectivity index (χ3n) is 5.97. The maximum absolute atomic E-state index is 10.6. The number of rotatable bonds is 7. The molecule has 0 aromatic heterocycles. The molecule has 2 heterocycles. The average molecular weight is 345 g/mol. The predicted molar refractivity (Wildman–Crippen MR) is 105 cm³/mol. The van der Waals surface area contributed by atoms with E-state index >= 15 is 0 Å². The Morgan fingerprint density at radius 2 is 1.52 bits per heavy atom. The lowest BCUT2D eigenvalue weighted by atomic mass is 9.86. The highest BCUT2D eigenvalue weighted by atomic mass is 16.3. The van der Waals surface area contributed by atoms with Crippen LogP contribution in [0, 0.1) is 11.3 Å². The Hall–Kier alpha value is -0.900. The predicted octanol–water partition coefficient (Wildman–Crippen LogP) is 3.42. The van der Waals surface area contributed by atoms with Crippen molar-refractivity contribution in [3.63, 3.8) is 0 Å². The minimum atomic E-state index is -0.192. The Balaban J connectivity index is 1.41. The Kier molecular flexibility index (Phi) is 6.54. The lowest BCUT2D eigenvalue weighted by Crippen LogP contribution is -2.45. The summed E-state index contributed by atoms with van der Waals surface area (Å²) in [5.74, 6) is 0.457. The Labute approximate surface area is 154 Å². The lowest BCUT2D eigenvalue weighted by molar-refractivity contribution is 0.0434. The summed E-state index contributed by atoms with van der Waals surface area (Å²) in [6.45, 7) is 12.1. The van der Waals surface area contributed by atoms with Crippen LogP contribution in [-0.2, 0) is 6.42 Å². The maximum Gasteiger partial charge on any atom is 0.0609 e. The lowest BCUT2D eigenvalue weighted by Gasteiger charge is -2.40. The molecule has 3 nitrogen and oxygen atoms in total. The average Bonchev–Trinajstić information content (AvgIpc) is 3.08. The van der Waals surface area contributed by atoms with Gasteiger partial charge in [0.25, 0.3) is 0 Å². The highest BCUT2D eigenvalue weighted by Gasteiger charge is 2.30. The molecule has 1 atom stereocenters. The van der Waals surface area contributed by atoms with Crippen LogP contribution in [0.2, 0.25) is 0 Å². The van der Waals surface area contributed by atoms with Gasteiger partial charge in [-0.15, -0.1) is 0 Å². The number of nitrogens with zero attached hydrogens (tertiary/aromatic N) is 2. The van der Waals surface area contributed by atoms with Gasteiger partial charge in [0.1, 0.15) is 0 Å². The van der Waals surface area contributed by atoms with Crippen LogP contribution in [-0.4, -0.2) is 60.3 Å². The monoisotopic (exact) mass is 344 g/mol. The number of aliphatic hydroxyl groups excluding tert-OH is 1. The van der Waals surface area contributed by atoms with Gasteiger partial charge in [0.2, 0.25) is 0 Å². The van der Waals surface area contributed by atoms with Gasteiger partial charge < -0.3 is 14.9 Å². The van der Waals surface area contributed by atoms with Crippen molar-refractivity contribution >= 4 is 0 Å². The zero-order chi connectivity index (χ0) is 17.7. The molecule has 2 aliphatic rings. The second kappa shape index (κ2) is 8.66. The topological polar surface area (TPSA) is 26.7 Å². The van der Waals surface area contributed by atoms with Crippen LogP contribution in [0.25, 0.3) is 0 Å². The molecule has 25 heavy (non-hydrogen) atoms. The standard InChI is InChI=1S/C22H36N2O/c1-22(2,17-23-12-6-7-13-23)18-24-14-10-20(11-15-24)21(25)16-19-8-4-3-5-9-19/h3-5,8-9,20-21,25H,6-7,10-18H2,1-2H3. The molecular weight excluding hydrogens is 308 g/mol. The van der Waals surface area contributed by atoms with E-state index in [2.05, 4.69) is 47.9 Å². The molecule has 2 fully saturated rings. The molecule has 140 valence electrons. The van der Waals surface area contributed by atoms with Crippen LogP contribution in [0.5, 0.6) is 0 Å². The molecule has 1 unspecified atom stereocenters. The summed E-state index contributed by atoms with van der Waals surface area (Å²) in [7, 11) is 0. The van der Waals surface area contributed by atoms with Crippen molar-refractivity contribution in [3.05, 3.63) is 35.9 Å². The van der Waals surface area contributed by atoms with Gasteiger partial charge in [-0.1, -0.05) is 44.2 Å². The quantitative estimate of drug-likeness (QED) is 0.821. The molecule has 0 bridgehead atoms. The SMILES string of the molecule is CC(C)(CN1CCCC1)CN1CCC(C(O)Cc2ccccc2)CC1. The summed E-state index contributed by atoms with van der Waals surface area (Å²) in [5, 5.41) is 10.6. The molecule has 0 aliphatic carbocycles. The Bertz CT molecular complexity index is 502. The molecule has 2 aliphatic heterocycles. The van der Waals surface area contributed by atoms with E-state index in [0.717, 1.165) is 32.4 Å². The summed E-state index contributed by atoms with van der Waals surface area (Å²) < 4.78 is 0. The number of benzene rings is 1. The smallest absolute Gasteiger partial charge is 0.0609 e. The van der Waals surface area contributed by atoms with Gasteiger partial charge in [-0.25, -0.2) is 0 Å². The fraction of sp³-hybridized carbons (Fsp3) is 0.727. The normalized spacial score (nSPS) is 22.4. The molecule has 2 saturated heterocycles. The fourth-order valence-electron chi connectivity index (χ4n) is 4.72. The van der Waals surface area contributed by atoms with Gasteiger partial charge in [0.15, 0.2) is 0 Å². The molecule has 1 aromatic rings. The summed E-state index contributed by atoms with van der Waals surface area (Å²) in [6.07, 6.45) is 5.62. The zero-order valence-corrected chi connectivity index (χ0v) is 16.2. The van der Waals surface area contributed by atoms with E-state index in [1.165, 1.54) is 44.6 Å². The maximum atomic E-state index is 10.6. The number of hydrogen-bond donors (Lipinski definition) is 1. The Morgan fingerprint density at radius 1 is 0.960 bits per heavy atom. The number of likely N-dealkylation sites (tertiary alicyclic amines) is 2. The van der Waals surface area contributed by atoms with Crippen molar-refractivity contribution in [1.29, 1.82) is 0 Å². The molecule has 3 heteroatoms. The van der Waals surface area contributed by atoms with Gasteiger partial charge in [-0.3, -0.25) is 0 Å². The van der Waals surface area contributed by atoms with Gasteiger partial charge in [0.05, 0.1) is 6.10 Å². The molecule has 0 amide bonds. The summed E-state index contributed by atoms with van der Waals surface area (Å²) in [6, 6.07) is 10.4. The van der Waals surface area contributed by atoms with Crippen LogP contribution >= 0.6 is 0 Å². The first kappa shape index (κ1) is 18.9. The number of aliphatic hydroxyl groups is 1. The van der Waals surface area contributed by atoms with E-state index in [0.29, 0.717) is 11.3 Å². The Morgan fingerprint density at radius 3 is 2.12 bits per heavy atom. The van der Waals surface area contributed by atoms with E-state index in [1.807, 2.05) is 6.07 Å². The molecule has 1 N–H and O–H groups in total. The van der Waals surface area contributed by atoms with Crippen molar-refractivity contribution in [2.45, 2.75) is 52.1 Å². The molecule has 3 rings (SSSR count). The first-order chi connectivity index (χ1) is 12.0. The fourth-order valence-corrected chi connectivity index (χ4v) is 4.72. The molecule has 1 aromatic carbocycles. The minimum Gasteiger partial charge on any atom is -0.392 e. The molecule has 0 spiro atoms. The van der Waals surface area contributed by atoms with Gasteiger partial charge in [-0.2, -0.15) is 0 Å². The highest BCUT2D eigenvalue weighted by Crippen LogP contribution is 2.27. The summed E-state index contributed by atoms with van der Waals surface area (Å²) >= 11 is 0. The van der Waals surface area contributed by atoms with E-state index in [9.17, 15) is 5.11 Å². The molecular formula is C22H36N2O. The third kappa shape index (κ3) is 5.80. The van der Waals surface area contributed by atoms with Crippen molar-refractivity contribution in [2.24, 2.45) is 11.3 Å². The van der Waals surface area contributed by atoms with Crippen molar-refractivity contribution < 1.29 is 5.11 Å². The summed E-state index contributed by atoms with van der Waals surface area (Å²) in [4.78, 5) is 5.26. The van der Waals surface area contributed by atoms with Gasteiger partial charge in [-0.05, 0) is 75.2 Å². The highest BCUT2D eigenvalue weighted by molar-refractivity contribution is 5.15. The largest absolute Gasteiger partial charge is 0.392 e. The van der Waals surface area contributed by atoms with E-state index in [1.54, 1.807) is 0 Å². The van der Waals surface area contributed by atoms with Crippen molar-refractivity contribution in [3.8, 4) is 0 Å². The first-order valence-corrected chi connectivity index (χ1v) is 10.2. The molecule has 0 saturated carbocycles. The first-order valence-electron chi connectivity index (χ1n) is 10.2. The summed E-state index contributed by atoms with van der Waals surface area (Å²) in [5.41, 5.74) is 1.61. The van der Waals surface area contributed by atoms with Gasteiger partial charge in [0, 0.05) is 13.1 Å². The van der Waals surface area contributed by atoms with Crippen LogP contribution in [0.15, 0.2) is 30.3 Å². The van der Waals surface area contributed by atoms with Crippen molar-refractivity contribution in [2.75, 3.05) is 39.3 Å². The van der Waals surface area contributed by atoms with Gasteiger partial charge >= 0.3 is 0 Å². The van der Waals surface area contributed by atoms with E-state index in [-0.39, 0.29) is 6.10 Å². The molecule has 0 radical (unpaired) electrons. The van der Waals surface area contributed by atoms with Crippen LogP contribution in [0.3, 0.4) is 0 Å². The van der Waals surface area contributed by atoms with Crippen LogP contribution in [0.4, 0.5) is 0 Å². The zero-order valence-electron chi connectivity index (χ0n) is 16.2. The number of hydrogen-bond acceptors (Lipinski definition) is 3. The number of piperidine rings is 1. The minimum absolute atomic E-state index is 0.192. The van der Waals surface area contributed by atoms with Crippen molar-refractivity contribution in [1.82, 2.24) is 9.80 Å². The van der Waals surface area contributed by atoms with E-state index < -0.39 is 0 Å². The second-order valence-corrected chi connectivity index (χ2v) is 9.02. The van der Waals surface area contributed by atoms with Crippen LogP contribution < -0.4 is 0 Å². The van der Waals surface area contributed by atoms with Crippen LogP contribution in [0.1, 0.15) is 45.1 Å². The second-order valence-electron chi connectivity index (χ2n) is 9.02.